The van der Waals surface area contributed by atoms with E-state index < -0.39 is 32.5 Å². The Morgan fingerprint density at radius 2 is 0.948 bits per heavy atom. The highest BCUT2D eigenvalue weighted by Gasteiger charge is 2.26. The normalized spacial score (nSPS) is 14.1. The van der Waals surface area contributed by atoms with E-state index in [1.54, 1.807) is 7.05 Å². The van der Waals surface area contributed by atoms with Crippen molar-refractivity contribution in [2.45, 2.75) is 174 Å². The van der Waals surface area contributed by atoms with E-state index >= 15 is 0 Å². The fourth-order valence-electron chi connectivity index (χ4n) is 5.55. The molecule has 0 amide bonds. The van der Waals surface area contributed by atoms with Crippen LogP contribution >= 0.6 is 7.82 Å². The van der Waals surface area contributed by atoms with Gasteiger partial charge in [0.15, 0.2) is 6.10 Å². The van der Waals surface area contributed by atoms with Gasteiger partial charge in [-0.3, -0.25) is 18.6 Å². The third-order valence-corrected chi connectivity index (χ3v) is 9.97. The molecule has 0 aliphatic rings. The summed E-state index contributed by atoms with van der Waals surface area (Å²) in [6.45, 7) is 4.08. The van der Waals surface area contributed by atoms with Crippen LogP contribution in [0.15, 0.2) is 85.1 Å². The fourth-order valence-corrected chi connectivity index (χ4v) is 6.30. The second-order valence-corrected chi connectivity index (χ2v) is 16.0. The second-order valence-electron chi connectivity index (χ2n) is 14.5. The zero-order valence-corrected chi connectivity index (χ0v) is 37.6. The van der Waals surface area contributed by atoms with Crippen molar-refractivity contribution in [2.75, 3.05) is 33.4 Å². The molecule has 2 atom stereocenters. The number of hydrogen-bond acceptors (Lipinski definition) is 8. The molecule has 0 aliphatic heterocycles. The van der Waals surface area contributed by atoms with Crippen LogP contribution in [0.1, 0.15) is 168 Å². The van der Waals surface area contributed by atoms with Gasteiger partial charge in [0.05, 0.1) is 13.2 Å². The van der Waals surface area contributed by atoms with Crippen molar-refractivity contribution in [1.82, 2.24) is 5.32 Å². The molecule has 0 heterocycles. The summed E-state index contributed by atoms with van der Waals surface area (Å²) in [5, 5.41) is 2.81. The monoisotopic (exact) mass is 832 g/mol. The van der Waals surface area contributed by atoms with Gasteiger partial charge in [0.2, 0.25) is 0 Å². The first-order valence-electron chi connectivity index (χ1n) is 22.5. The van der Waals surface area contributed by atoms with Gasteiger partial charge < -0.3 is 19.7 Å². The lowest BCUT2D eigenvalue weighted by molar-refractivity contribution is -0.161. The number of unbranched alkanes of at least 4 members (excludes halogenated alkanes) is 13. The number of carbonyl (C=O) groups is 2. The molecule has 10 heteroatoms. The smallest absolute Gasteiger partial charge is 0.462 e. The quantitative estimate of drug-likeness (QED) is 0.0268. The van der Waals surface area contributed by atoms with Gasteiger partial charge in [0, 0.05) is 19.4 Å². The Morgan fingerprint density at radius 3 is 1.47 bits per heavy atom. The van der Waals surface area contributed by atoms with Crippen molar-refractivity contribution in [1.29, 1.82) is 0 Å². The van der Waals surface area contributed by atoms with E-state index in [0.717, 1.165) is 64.2 Å². The van der Waals surface area contributed by atoms with E-state index in [1.165, 1.54) is 64.2 Å². The molecule has 58 heavy (non-hydrogen) atoms. The Labute approximate surface area is 354 Å². The molecule has 0 saturated carbocycles. The molecule has 332 valence electrons. The average molecular weight is 832 g/mol. The summed E-state index contributed by atoms with van der Waals surface area (Å²) in [5.74, 6) is -0.911. The molecule has 0 aromatic heterocycles. The Hall–Kier alpha value is -2.81. The minimum absolute atomic E-state index is 0.0355. The maximum absolute atomic E-state index is 12.6. The molecule has 0 aliphatic carbocycles. The molecule has 9 nitrogen and oxygen atoms in total. The number of nitrogens with one attached hydrogen (secondary N) is 1. The maximum Gasteiger partial charge on any atom is 0.472 e. The lowest BCUT2D eigenvalue weighted by Crippen LogP contribution is -2.29. The molecule has 0 radical (unpaired) electrons. The van der Waals surface area contributed by atoms with Crippen molar-refractivity contribution >= 4 is 19.8 Å². The summed E-state index contributed by atoms with van der Waals surface area (Å²) in [5.41, 5.74) is 0. The first-order valence-corrected chi connectivity index (χ1v) is 24.0. The predicted molar refractivity (Wildman–Crippen MR) is 243 cm³/mol. The summed E-state index contributed by atoms with van der Waals surface area (Å²) in [7, 11) is -2.69. The van der Waals surface area contributed by atoms with E-state index in [2.05, 4.69) is 104 Å². The highest BCUT2D eigenvalue weighted by Crippen LogP contribution is 2.43. The number of carbonyl (C=O) groups excluding carboxylic acids is 2. The van der Waals surface area contributed by atoms with Crippen molar-refractivity contribution in [2.24, 2.45) is 0 Å². The number of phosphoric acid groups is 1. The lowest BCUT2D eigenvalue weighted by atomic mass is 10.1. The van der Waals surface area contributed by atoms with Gasteiger partial charge in [0.25, 0.3) is 0 Å². The predicted octanol–water partition coefficient (Wildman–Crippen LogP) is 13.1. The van der Waals surface area contributed by atoms with E-state index in [1.807, 2.05) is 0 Å². The molecule has 0 aromatic carbocycles. The van der Waals surface area contributed by atoms with Crippen molar-refractivity contribution in [3.05, 3.63) is 85.1 Å². The van der Waals surface area contributed by atoms with Crippen LogP contribution in [0.3, 0.4) is 0 Å². The van der Waals surface area contributed by atoms with Crippen LogP contribution < -0.4 is 5.32 Å². The van der Waals surface area contributed by atoms with Crippen LogP contribution in [-0.4, -0.2) is 56.3 Å². The van der Waals surface area contributed by atoms with E-state index in [0.29, 0.717) is 19.4 Å². The zero-order valence-electron chi connectivity index (χ0n) is 36.7. The van der Waals surface area contributed by atoms with E-state index in [-0.39, 0.29) is 26.1 Å². The standard InChI is InChI=1S/C48H82NO8P/c1-4-6-8-10-12-14-16-18-20-22-23-25-27-29-31-33-35-37-39-41-48(51)57-46(45-56-58(52,53)55-43-42-49-3)44-54-47(50)40-38-36-34-32-30-28-26-24-21-19-17-15-13-11-9-7-5-2/h12,14,18-21,23,25-26,28-29,31-32,34,46,49H,4-11,13,15-17,22,24,27,30,33,35-45H2,1-3H3,(H,52,53)/b14-12-,20-18-,21-19-,25-23-,28-26-,31-29-,34-32-. The molecule has 0 spiro atoms. The Bertz CT molecular complexity index is 1220. The van der Waals surface area contributed by atoms with Crippen LogP contribution in [0.4, 0.5) is 0 Å². The van der Waals surface area contributed by atoms with Crippen molar-refractivity contribution in [3.63, 3.8) is 0 Å². The average Bonchev–Trinajstić information content (AvgIpc) is 3.21. The molecule has 0 aromatic rings. The highest BCUT2D eigenvalue weighted by molar-refractivity contribution is 7.47. The second kappa shape index (κ2) is 43.8. The number of ether oxygens (including phenoxy) is 2. The van der Waals surface area contributed by atoms with Crippen LogP contribution in [-0.2, 0) is 32.7 Å². The minimum Gasteiger partial charge on any atom is -0.462 e. The van der Waals surface area contributed by atoms with Gasteiger partial charge in [-0.15, -0.1) is 0 Å². The minimum atomic E-state index is -4.38. The SMILES string of the molecule is CCCCC/C=C\C/C=C\C/C=C\C/C=C\CCCCCC(=O)OC(COC(=O)CCC/C=C\C/C=C\C/C=C\CCCCCCCC)COP(=O)(O)OCCNC. The maximum atomic E-state index is 12.6. The molecule has 0 bridgehead atoms. The molecule has 0 rings (SSSR count). The lowest BCUT2D eigenvalue weighted by Gasteiger charge is -2.20. The number of likely N-dealkylation sites (N-methyl/N-ethyl adjacent to an activating group) is 1. The van der Waals surface area contributed by atoms with Crippen LogP contribution in [0, 0.1) is 0 Å². The Kier molecular flexibility index (Phi) is 41.6. The van der Waals surface area contributed by atoms with Crippen LogP contribution in [0.25, 0.3) is 0 Å². The number of allylic oxidation sites excluding steroid dienone is 14. The number of rotatable bonds is 41. The highest BCUT2D eigenvalue weighted by atomic mass is 31.2. The molecule has 0 fully saturated rings. The zero-order chi connectivity index (χ0) is 42.5. The Balaban J connectivity index is 4.38. The van der Waals surface area contributed by atoms with Gasteiger partial charge in [0.1, 0.15) is 6.61 Å². The first-order chi connectivity index (χ1) is 28.3. The molecule has 0 saturated heterocycles. The van der Waals surface area contributed by atoms with Crippen LogP contribution in [0.5, 0.6) is 0 Å². The summed E-state index contributed by atoms with van der Waals surface area (Å²) in [6, 6.07) is 0. The van der Waals surface area contributed by atoms with Crippen LogP contribution in [0.2, 0.25) is 0 Å². The fraction of sp³-hybridized carbons (Fsp3) is 0.667. The number of esters is 2. The largest absolute Gasteiger partial charge is 0.472 e. The number of hydrogen-bond donors (Lipinski definition) is 2. The van der Waals surface area contributed by atoms with Gasteiger partial charge in [-0.25, -0.2) is 4.57 Å². The summed E-state index contributed by atoms with van der Waals surface area (Å²) >= 11 is 0. The number of phosphoric ester groups is 1. The third kappa shape index (κ3) is 42.8. The summed E-state index contributed by atoms with van der Waals surface area (Å²) in [6.07, 6.45) is 53.5. The molecule has 2 N–H and O–H groups in total. The van der Waals surface area contributed by atoms with E-state index in [9.17, 15) is 19.0 Å². The van der Waals surface area contributed by atoms with Gasteiger partial charge in [-0.05, 0) is 96.9 Å². The molecular formula is C48H82NO8P. The van der Waals surface area contributed by atoms with Gasteiger partial charge >= 0.3 is 19.8 Å². The van der Waals surface area contributed by atoms with Crippen molar-refractivity contribution in [3.8, 4) is 0 Å². The van der Waals surface area contributed by atoms with Crippen molar-refractivity contribution < 1.29 is 37.6 Å². The molecule has 2 unspecified atom stereocenters. The topological polar surface area (TPSA) is 120 Å². The van der Waals surface area contributed by atoms with Gasteiger partial charge in [-0.1, -0.05) is 150 Å². The summed E-state index contributed by atoms with van der Waals surface area (Å²) in [4.78, 5) is 35.1. The van der Waals surface area contributed by atoms with E-state index in [4.69, 9.17) is 18.5 Å². The summed E-state index contributed by atoms with van der Waals surface area (Å²) < 4.78 is 33.1. The molecular weight excluding hydrogens is 750 g/mol. The van der Waals surface area contributed by atoms with Gasteiger partial charge in [-0.2, -0.15) is 0 Å². The first kappa shape index (κ1) is 55.2. The Morgan fingerprint density at radius 1 is 0.534 bits per heavy atom. The third-order valence-electron chi connectivity index (χ3n) is 8.99.